The van der Waals surface area contributed by atoms with Crippen LogP contribution in [0.25, 0.3) is 0 Å². The van der Waals surface area contributed by atoms with E-state index in [4.69, 9.17) is 4.74 Å². The molecule has 0 aromatic heterocycles. The average molecular weight is 524 g/mol. The molecule has 0 heterocycles. The lowest BCUT2D eigenvalue weighted by molar-refractivity contribution is -0.144. The molecule has 9 nitrogen and oxygen atoms in total. The summed E-state index contributed by atoms with van der Waals surface area (Å²) < 4.78 is 9.97. The van der Waals surface area contributed by atoms with Gasteiger partial charge in [-0.25, -0.2) is 4.79 Å². The van der Waals surface area contributed by atoms with Gasteiger partial charge in [0.05, 0.1) is 7.11 Å². The van der Waals surface area contributed by atoms with Crippen molar-refractivity contribution in [3.63, 3.8) is 0 Å². The molecule has 1 rings (SSSR count). The number of rotatable bonds is 12. The standard InChI is InChI=1S/C26H41N3O6S/c1-8-9-10-14-29(24(32)20(16-36)28-25(33)35-26(4,5)6)22(23(31)27-15-21(30)34-7)19-13-11-12-17(2)18(19)3/h11-13,20,22,36H,8-10,14-16H2,1-7H3,(H,27,31)(H,28,33). The van der Waals surface area contributed by atoms with Crippen molar-refractivity contribution in [1.82, 2.24) is 15.5 Å². The Morgan fingerprint density at radius 3 is 2.33 bits per heavy atom. The number of benzene rings is 1. The maximum absolute atomic E-state index is 13.8. The van der Waals surface area contributed by atoms with Crippen LogP contribution >= 0.6 is 12.6 Å². The van der Waals surface area contributed by atoms with Gasteiger partial charge in [-0.1, -0.05) is 38.0 Å². The van der Waals surface area contributed by atoms with Gasteiger partial charge >= 0.3 is 12.1 Å². The van der Waals surface area contributed by atoms with Gasteiger partial charge in [0.15, 0.2) is 0 Å². The second-order valence-electron chi connectivity index (χ2n) is 9.61. The molecule has 0 saturated carbocycles. The Labute approximate surface area is 220 Å². The van der Waals surface area contributed by atoms with Crippen LogP contribution in [-0.2, 0) is 23.9 Å². The zero-order valence-corrected chi connectivity index (χ0v) is 23.4. The second kappa shape index (κ2) is 14.7. The summed E-state index contributed by atoms with van der Waals surface area (Å²) in [6.45, 7) is 11.0. The van der Waals surface area contributed by atoms with Crippen molar-refractivity contribution in [2.24, 2.45) is 0 Å². The summed E-state index contributed by atoms with van der Waals surface area (Å²) >= 11 is 4.29. The van der Waals surface area contributed by atoms with Crippen LogP contribution in [0.1, 0.15) is 69.7 Å². The first-order valence-electron chi connectivity index (χ1n) is 12.2. The van der Waals surface area contributed by atoms with Gasteiger partial charge in [0.25, 0.3) is 0 Å². The smallest absolute Gasteiger partial charge is 0.408 e. The summed E-state index contributed by atoms with van der Waals surface area (Å²) in [5, 5.41) is 5.18. The summed E-state index contributed by atoms with van der Waals surface area (Å²) in [5.41, 5.74) is 1.70. The monoisotopic (exact) mass is 523 g/mol. The topological polar surface area (TPSA) is 114 Å². The molecule has 2 N–H and O–H groups in total. The zero-order valence-electron chi connectivity index (χ0n) is 22.5. The van der Waals surface area contributed by atoms with Crippen molar-refractivity contribution in [3.05, 3.63) is 34.9 Å². The Morgan fingerprint density at radius 1 is 1.11 bits per heavy atom. The first-order chi connectivity index (χ1) is 16.9. The van der Waals surface area contributed by atoms with Crippen molar-refractivity contribution in [1.29, 1.82) is 0 Å². The molecular formula is C26H41N3O6S. The maximum atomic E-state index is 13.8. The van der Waals surface area contributed by atoms with Crippen molar-refractivity contribution < 1.29 is 28.7 Å². The van der Waals surface area contributed by atoms with Crippen LogP contribution in [0, 0.1) is 13.8 Å². The highest BCUT2D eigenvalue weighted by molar-refractivity contribution is 7.80. The molecule has 0 bridgehead atoms. The number of carbonyl (C=O) groups is 4. The van der Waals surface area contributed by atoms with E-state index in [9.17, 15) is 19.2 Å². The van der Waals surface area contributed by atoms with Crippen LogP contribution in [0.15, 0.2) is 18.2 Å². The number of amides is 3. The van der Waals surface area contributed by atoms with Crippen LogP contribution in [-0.4, -0.2) is 66.4 Å². The number of hydrogen-bond acceptors (Lipinski definition) is 7. The number of carbonyl (C=O) groups excluding carboxylic acids is 4. The maximum Gasteiger partial charge on any atom is 0.408 e. The van der Waals surface area contributed by atoms with Crippen LogP contribution in [0.2, 0.25) is 0 Å². The molecule has 202 valence electrons. The summed E-state index contributed by atoms with van der Waals surface area (Å²) in [6.07, 6.45) is 1.66. The van der Waals surface area contributed by atoms with Gasteiger partial charge in [-0.2, -0.15) is 12.6 Å². The minimum atomic E-state index is -1.03. The van der Waals surface area contributed by atoms with Gasteiger partial charge in [0, 0.05) is 12.3 Å². The Morgan fingerprint density at radius 2 is 1.78 bits per heavy atom. The van der Waals surface area contributed by atoms with Crippen LogP contribution < -0.4 is 10.6 Å². The number of thiol groups is 1. The highest BCUT2D eigenvalue weighted by Gasteiger charge is 2.36. The molecule has 0 aliphatic heterocycles. The van der Waals surface area contributed by atoms with Crippen LogP contribution in [0.3, 0.4) is 0 Å². The first kappa shape index (κ1) is 31.3. The third-order valence-electron chi connectivity index (χ3n) is 5.59. The molecule has 10 heteroatoms. The highest BCUT2D eigenvalue weighted by atomic mass is 32.1. The number of ether oxygens (including phenoxy) is 2. The summed E-state index contributed by atoms with van der Waals surface area (Å²) in [6, 6.07) is 3.49. The number of nitrogens with one attached hydrogen (secondary N) is 2. The van der Waals surface area contributed by atoms with E-state index in [1.807, 2.05) is 32.9 Å². The molecule has 2 atom stereocenters. The van der Waals surface area contributed by atoms with Gasteiger partial charge in [0.1, 0.15) is 24.2 Å². The largest absolute Gasteiger partial charge is 0.468 e. The van der Waals surface area contributed by atoms with E-state index in [-0.39, 0.29) is 18.8 Å². The van der Waals surface area contributed by atoms with Gasteiger partial charge < -0.3 is 25.0 Å². The number of hydrogen-bond donors (Lipinski definition) is 3. The summed E-state index contributed by atoms with van der Waals surface area (Å²) in [4.78, 5) is 52.9. The van der Waals surface area contributed by atoms with E-state index >= 15 is 0 Å². The van der Waals surface area contributed by atoms with Crippen molar-refractivity contribution in [2.45, 2.75) is 78.5 Å². The number of aryl methyl sites for hydroxylation is 1. The lowest BCUT2D eigenvalue weighted by Gasteiger charge is -2.35. The fourth-order valence-corrected chi connectivity index (χ4v) is 3.83. The van der Waals surface area contributed by atoms with E-state index in [1.165, 1.54) is 12.0 Å². The van der Waals surface area contributed by atoms with Gasteiger partial charge in [-0.05, 0) is 57.7 Å². The molecule has 3 amide bonds. The van der Waals surface area contributed by atoms with Crippen molar-refractivity contribution in [2.75, 3.05) is 26.0 Å². The SMILES string of the molecule is CCCCCN(C(=O)C(CS)NC(=O)OC(C)(C)C)C(C(=O)NCC(=O)OC)c1cccc(C)c1C. The predicted octanol–water partition coefficient (Wildman–Crippen LogP) is 3.48. The molecule has 1 aromatic rings. The van der Waals surface area contributed by atoms with Gasteiger partial charge in [-0.3, -0.25) is 14.4 Å². The van der Waals surface area contributed by atoms with E-state index in [0.717, 1.165) is 24.0 Å². The van der Waals surface area contributed by atoms with Crippen molar-refractivity contribution >= 4 is 36.5 Å². The molecule has 0 aliphatic carbocycles. The summed E-state index contributed by atoms with van der Waals surface area (Å²) in [5.74, 6) is -1.59. The molecule has 0 spiro atoms. The number of methoxy groups -OCH3 is 1. The van der Waals surface area contributed by atoms with Gasteiger partial charge in [-0.15, -0.1) is 0 Å². The zero-order chi connectivity index (χ0) is 27.5. The van der Waals surface area contributed by atoms with Crippen LogP contribution in [0.4, 0.5) is 4.79 Å². The van der Waals surface area contributed by atoms with E-state index in [1.54, 1.807) is 26.8 Å². The molecule has 2 unspecified atom stereocenters. The van der Waals surface area contributed by atoms with Gasteiger partial charge in [0.2, 0.25) is 11.8 Å². The molecule has 1 aromatic carbocycles. The lowest BCUT2D eigenvalue weighted by Crippen LogP contribution is -2.54. The second-order valence-corrected chi connectivity index (χ2v) is 9.97. The average Bonchev–Trinajstić information content (AvgIpc) is 2.81. The quantitative estimate of drug-likeness (QED) is 0.220. The molecule has 0 fully saturated rings. The number of esters is 1. The highest BCUT2D eigenvalue weighted by Crippen LogP contribution is 2.28. The Hall–Kier alpha value is -2.75. The van der Waals surface area contributed by atoms with E-state index in [2.05, 4.69) is 28.0 Å². The molecular weight excluding hydrogens is 482 g/mol. The first-order valence-corrected chi connectivity index (χ1v) is 12.8. The lowest BCUT2D eigenvalue weighted by atomic mass is 9.95. The van der Waals surface area contributed by atoms with Crippen LogP contribution in [0.5, 0.6) is 0 Å². The third-order valence-corrected chi connectivity index (χ3v) is 5.96. The van der Waals surface area contributed by atoms with E-state index < -0.39 is 41.6 Å². The fraction of sp³-hybridized carbons (Fsp3) is 0.615. The number of unbranched alkanes of at least 4 members (excludes halogenated alkanes) is 2. The Kier molecular flexibility index (Phi) is 12.8. The number of alkyl carbamates (subject to hydrolysis) is 1. The predicted molar refractivity (Wildman–Crippen MR) is 142 cm³/mol. The minimum absolute atomic E-state index is 0.00561. The normalized spacial score (nSPS) is 12.8. The van der Waals surface area contributed by atoms with Crippen molar-refractivity contribution in [3.8, 4) is 0 Å². The Bertz CT molecular complexity index is 915. The third kappa shape index (κ3) is 9.72. The Balaban J connectivity index is 3.46. The minimum Gasteiger partial charge on any atom is -0.468 e. The molecule has 0 aliphatic rings. The molecule has 36 heavy (non-hydrogen) atoms. The fourth-order valence-electron chi connectivity index (χ4n) is 3.58. The molecule has 0 saturated heterocycles. The summed E-state index contributed by atoms with van der Waals surface area (Å²) in [7, 11) is 1.23. The number of nitrogens with zero attached hydrogens (tertiary/aromatic N) is 1. The molecule has 0 radical (unpaired) electrons. The van der Waals surface area contributed by atoms with E-state index in [0.29, 0.717) is 12.0 Å².